The van der Waals surface area contributed by atoms with E-state index < -0.39 is 0 Å². The van der Waals surface area contributed by atoms with Gasteiger partial charge in [0.15, 0.2) is 5.11 Å². The highest BCUT2D eigenvalue weighted by Gasteiger charge is 2.29. The predicted octanol–water partition coefficient (Wildman–Crippen LogP) is 2.99. The van der Waals surface area contributed by atoms with Crippen molar-refractivity contribution in [2.45, 2.75) is 6.54 Å². The predicted molar refractivity (Wildman–Crippen MR) is 89.9 cm³/mol. The fourth-order valence-corrected chi connectivity index (χ4v) is 2.53. The lowest BCUT2D eigenvalue weighted by molar-refractivity contribution is -0.115. The van der Waals surface area contributed by atoms with E-state index in [0.29, 0.717) is 22.4 Å². The Kier molecular flexibility index (Phi) is 4.18. The molecule has 1 aromatic carbocycles. The SMILES string of the molecule is O=C1NC(=S)N(Cc2ccc(Cl)cc2)/C1=C/c1ccncc1. The van der Waals surface area contributed by atoms with E-state index >= 15 is 0 Å². The van der Waals surface area contributed by atoms with Crippen LogP contribution >= 0.6 is 23.8 Å². The molecule has 22 heavy (non-hydrogen) atoms. The Labute approximate surface area is 138 Å². The summed E-state index contributed by atoms with van der Waals surface area (Å²) < 4.78 is 0. The van der Waals surface area contributed by atoms with Gasteiger partial charge in [0, 0.05) is 17.4 Å². The normalized spacial score (nSPS) is 16.2. The van der Waals surface area contributed by atoms with Crippen LogP contribution in [0.15, 0.2) is 54.5 Å². The van der Waals surface area contributed by atoms with Gasteiger partial charge in [-0.15, -0.1) is 0 Å². The maximum atomic E-state index is 12.1. The number of hydrogen-bond acceptors (Lipinski definition) is 3. The van der Waals surface area contributed by atoms with Crippen molar-refractivity contribution in [2.24, 2.45) is 0 Å². The van der Waals surface area contributed by atoms with E-state index in [1.54, 1.807) is 23.4 Å². The van der Waals surface area contributed by atoms with Crippen molar-refractivity contribution in [3.8, 4) is 0 Å². The maximum absolute atomic E-state index is 12.1. The Morgan fingerprint density at radius 3 is 2.55 bits per heavy atom. The van der Waals surface area contributed by atoms with Gasteiger partial charge < -0.3 is 4.90 Å². The number of hydrogen-bond donors (Lipinski definition) is 1. The third-order valence-electron chi connectivity index (χ3n) is 3.25. The third-order valence-corrected chi connectivity index (χ3v) is 3.83. The van der Waals surface area contributed by atoms with Crippen LogP contribution in [0.5, 0.6) is 0 Å². The maximum Gasteiger partial charge on any atom is 0.274 e. The van der Waals surface area contributed by atoms with Gasteiger partial charge in [0.2, 0.25) is 0 Å². The van der Waals surface area contributed by atoms with Crippen LogP contribution in [-0.2, 0) is 11.3 Å². The van der Waals surface area contributed by atoms with Crippen molar-refractivity contribution in [3.05, 3.63) is 70.6 Å². The highest BCUT2D eigenvalue weighted by atomic mass is 35.5. The first kappa shape index (κ1) is 14.7. The molecule has 1 aliphatic rings. The lowest BCUT2D eigenvalue weighted by atomic mass is 10.2. The van der Waals surface area contributed by atoms with Crippen LogP contribution in [0.2, 0.25) is 5.02 Å². The molecule has 110 valence electrons. The quantitative estimate of drug-likeness (QED) is 0.694. The Morgan fingerprint density at radius 2 is 1.86 bits per heavy atom. The summed E-state index contributed by atoms with van der Waals surface area (Å²) in [6, 6.07) is 11.1. The highest BCUT2D eigenvalue weighted by Crippen LogP contribution is 2.20. The van der Waals surface area contributed by atoms with Crippen LogP contribution in [0, 0.1) is 0 Å². The zero-order valence-corrected chi connectivity index (χ0v) is 13.1. The minimum absolute atomic E-state index is 0.198. The number of nitrogens with zero attached hydrogens (tertiary/aromatic N) is 2. The molecule has 1 aromatic heterocycles. The Morgan fingerprint density at radius 1 is 1.18 bits per heavy atom. The number of thiocarbonyl (C=S) groups is 1. The second-order valence-corrected chi connectivity index (χ2v) is 5.61. The van der Waals surface area contributed by atoms with E-state index in [4.69, 9.17) is 23.8 Å². The zero-order valence-electron chi connectivity index (χ0n) is 11.5. The zero-order chi connectivity index (χ0) is 15.5. The number of nitrogens with one attached hydrogen (secondary N) is 1. The van der Waals surface area contributed by atoms with Gasteiger partial charge in [0.05, 0.1) is 6.54 Å². The third kappa shape index (κ3) is 3.16. The van der Waals surface area contributed by atoms with E-state index in [1.807, 2.05) is 36.4 Å². The van der Waals surface area contributed by atoms with E-state index in [-0.39, 0.29) is 5.91 Å². The van der Waals surface area contributed by atoms with Crippen molar-refractivity contribution in [3.63, 3.8) is 0 Å². The molecule has 2 heterocycles. The van der Waals surface area contributed by atoms with Gasteiger partial charge >= 0.3 is 0 Å². The summed E-state index contributed by atoms with van der Waals surface area (Å²) in [4.78, 5) is 17.8. The van der Waals surface area contributed by atoms with Gasteiger partial charge in [-0.25, -0.2) is 0 Å². The largest absolute Gasteiger partial charge is 0.309 e. The second-order valence-electron chi connectivity index (χ2n) is 4.78. The number of pyridine rings is 1. The summed E-state index contributed by atoms with van der Waals surface area (Å²) in [6.45, 7) is 0.506. The number of halogens is 1. The van der Waals surface area contributed by atoms with Crippen molar-refractivity contribution in [1.82, 2.24) is 15.2 Å². The lowest BCUT2D eigenvalue weighted by Gasteiger charge is -2.17. The second kappa shape index (κ2) is 6.25. The molecule has 1 saturated heterocycles. The molecule has 1 fully saturated rings. The minimum Gasteiger partial charge on any atom is -0.309 e. The monoisotopic (exact) mass is 329 g/mol. The summed E-state index contributed by atoms with van der Waals surface area (Å²) in [5, 5.41) is 3.76. The number of benzene rings is 1. The smallest absolute Gasteiger partial charge is 0.274 e. The van der Waals surface area contributed by atoms with Gasteiger partial charge in [-0.1, -0.05) is 23.7 Å². The van der Waals surface area contributed by atoms with E-state index in [1.165, 1.54) is 0 Å². The van der Waals surface area contributed by atoms with E-state index in [0.717, 1.165) is 11.1 Å². The Bertz CT molecular complexity index is 744. The number of carbonyl (C=O) groups excluding carboxylic acids is 1. The molecule has 6 heteroatoms. The molecule has 0 bridgehead atoms. The summed E-state index contributed by atoms with van der Waals surface area (Å²) in [5.74, 6) is -0.198. The van der Waals surface area contributed by atoms with Crippen molar-refractivity contribution < 1.29 is 4.79 Å². The number of amides is 1. The van der Waals surface area contributed by atoms with Crippen LogP contribution in [0.1, 0.15) is 11.1 Å². The summed E-state index contributed by atoms with van der Waals surface area (Å²) in [5.41, 5.74) is 2.43. The van der Waals surface area contributed by atoms with Gasteiger partial charge in [-0.05, 0) is 53.7 Å². The van der Waals surface area contributed by atoms with E-state index in [2.05, 4.69) is 10.3 Å². The van der Waals surface area contributed by atoms with Crippen molar-refractivity contribution >= 4 is 40.9 Å². The van der Waals surface area contributed by atoms with E-state index in [9.17, 15) is 4.79 Å². The number of rotatable bonds is 3. The number of aromatic nitrogens is 1. The van der Waals surface area contributed by atoms with Crippen LogP contribution in [-0.4, -0.2) is 20.9 Å². The fourth-order valence-electron chi connectivity index (χ4n) is 2.15. The first-order valence-corrected chi connectivity index (χ1v) is 7.41. The average molecular weight is 330 g/mol. The molecule has 0 saturated carbocycles. The van der Waals surface area contributed by atoms with Crippen LogP contribution < -0.4 is 5.32 Å². The molecule has 0 unspecified atom stereocenters. The van der Waals surface area contributed by atoms with Gasteiger partial charge in [-0.2, -0.15) is 0 Å². The first-order chi connectivity index (χ1) is 10.6. The Hall–Kier alpha value is -2.24. The lowest BCUT2D eigenvalue weighted by Crippen LogP contribution is -2.26. The molecule has 0 spiro atoms. The molecule has 2 aromatic rings. The summed E-state index contributed by atoms with van der Waals surface area (Å²) >= 11 is 11.1. The van der Waals surface area contributed by atoms with Crippen LogP contribution in [0.3, 0.4) is 0 Å². The topological polar surface area (TPSA) is 45.2 Å². The van der Waals surface area contributed by atoms with Gasteiger partial charge in [0.1, 0.15) is 5.70 Å². The van der Waals surface area contributed by atoms with Crippen LogP contribution in [0.4, 0.5) is 0 Å². The number of carbonyl (C=O) groups is 1. The molecule has 0 radical (unpaired) electrons. The average Bonchev–Trinajstić information content (AvgIpc) is 2.77. The standard InChI is InChI=1S/C16H12ClN3OS/c17-13-3-1-12(2-4-13)10-20-14(15(21)19-16(20)22)9-11-5-7-18-8-6-11/h1-9H,10H2,(H,19,21,22)/b14-9+. The molecule has 4 nitrogen and oxygen atoms in total. The van der Waals surface area contributed by atoms with Gasteiger partial charge in [-0.3, -0.25) is 15.1 Å². The fraction of sp³-hybridized carbons (Fsp3) is 0.0625. The van der Waals surface area contributed by atoms with Crippen LogP contribution in [0.25, 0.3) is 6.08 Å². The molecular weight excluding hydrogens is 318 g/mol. The highest BCUT2D eigenvalue weighted by molar-refractivity contribution is 7.80. The first-order valence-electron chi connectivity index (χ1n) is 6.62. The van der Waals surface area contributed by atoms with Crippen molar-refractivity contribution in [2.75, 3.05) is 0 Å². The molecule has 0 aliphatic carbocycles. The Balaban J connectivity index is 1.90. The van der Waals surface area contributed by atoms with Gasteiger partial charge in [0.25, 0.3) is 5.91 Å². The molecule has 1 N–H and O–H groups in total. The minimum atomic E-state index is -0.198. The van der Waals surface area contributed by atoms with Crippen molar-refractivity contribution in [1.29, 1.82) is 0 Å². The molecule has 0 atom stereocenters. The molecular formula is C16H12ClN3OS. The summed E-state index contributed by atoms with van der Waals surface area (Å²) in [6.07, 6.45) is 5.16. The summed E-state index contributed by atoms with van der Waals surface area (Å²) in [7, 11) is 0. The molecule has 1 amide bonds. The molecule has 1 aliphatic heterocycles. The molecule has 3 rings (SSSR count).